The third-order valence-corrected chi connectivity index (χ3v) is 4.58. The van der Waals surface area contributed by atoms with E-state index in [1.54, 1.807) is 0 Å². The standard InChI is InChI=1S/C17H23N3/c1-3-20-12-14(11-19-20)10-17(18)9-8-13(2)15-6-4-5-7-16(15)17/h4-7,11-13H,3,8-10,18H2,1-2H3. The minimum absolute atomic E-state index is 0.245. The zero-order valence-corrected chi connectivity index (χ0v) is 12.3. The summed E-state index contributed by atoms with van der Waals surface area (Å²) in [6, 6.07) is 8.66. The Balaban J connectivity index is 1.94. The first-order valence-corrected chi connectivity index (χ1v) is 7.52. The first kappa shape index (κ1) is 13.4. The second-order valence-corrected chi connectivity index (χ2v) is 6.06. The third kappa shape index (κ3) is 2.27. The fraction of sp³-hybridized carbons (Fsp3) is 0.471. The summed E-state index contributed by atoms with van der Waals surface area (Å²) < 4.78 is 1.97. The monoisotopic (exact) mass is 269 g/mol. The zero-order chi connectivity index (χ0) is 14.2. The Morgan fingerprint density at radius 1 is 1.40 bits per heavy atom. The summed E-state index contributed by atoms with van der Waals surface area (Å²) in [5.41, 5.74) is 10.5. The van der Waals surface area contributed by atoms with Crippen LogP contribution in [0.4, 0.5) is 0 Å². The molecule has 2 N–H and O–H groups in total. The summed E-state index contributed by atoms with van der Waals surface area (Å²) in [5.74, 6) is 0.612. The summed E-state index contributed by atoms with van der Waals surface area (Å²) in [6.45, 7) is 5.31. The van der Waals surface area contributed by atoms with Gasteiger partial charge in [-0.3, -0.25) is 4.68 Å². The van der Waals surface area contributed by atoms with Crippen molar-refractivity contribution in [3.63, 3.8) is 0 Å². The summed E-state index contributed by atoms with van der Waals surface area (Å²) in [7, 11) is 0. The van der Waals surface area contributed by atoms with Gasteiger partial charge in [-0.05, 0) is 48.8 Å². The first-order valence-electron chi connectivity index (χ1n) is 7.52. The summed E-state index contributed by atoms with van der Waals surface area (Å²) >= 11 is 0. The SMILES string of the molecule is CCn1cc(CC2(N)CCC(C)c3ccccc32)cn1. The van der Waals surface area contributed by atoms with Gasteiger partial charge in [-0.1, -0.05) is 31.2 Å². The first-order chi connectivity index (χ1) is 9.62. The van der Waals surface area contributed by atoms with E-state index in [0.717, 1.165) is 25.8 Å². The van der Waals surface area contributed by atoms with E-state index in [9.17, 15) is 0 Å². The highest BCUT2D eigenvalue weighted by Crippen LogP contribution is 2.41. The summed E-state index contributed by atoms with van der Waals surface area (Å²) in [4.78, 5) is 0. The van der Waals surface area contributed by atoms with Gasteiger partial charge in [0.05, 0.1) is 6.20 Å². The van der Waals surface area contributed by atoms with E-state index >= 15 is 0 Å². The maximum atomic E-state index is 6.78. The lowest BCUT2D eigenvalue weighted by molar-refractivity contribution is 0.348. The van der Waals surface area contributed by atoms with Crippen molar-refractivity contribution in [1.82, 2.24) is 9.78 Å². The van der Waals surface area contributed by atoms with Crippen LogP contribution in [0.1, 0.15) is 49.3 Å². The summed E-state index contributed by atoms with van der Waals surface area (Å²) in [5, 5.41) is 4.36. The number of hydrogen-bond donors (Lipinski definition) is 1. The fourth-order valence-electron chi connectivity index (χ4n) is 3.36. The van der Waals surface area contributed by atoms with Crippen molar-refractivity contribution < 1.29 is 0 Å². The molecule has 1 aliphatic rings. The van der Waals surface area contributed by atoms with Crippen molar-refractivity contribution in [2.45, 2.75) is 51.1 Å². The number of aromatic nitrogens is 2. The van der Waals surface area contributed by atoms with E-state index in [1.165, 1.54) is 16.7 Å². The Labute approximate surface area is 120 Å². The molecule has 1 aromatic carbocycles. The summed E-state index contributed by atoms with van der Waals surface area (Å²) in [6.07, 6.45) is 7.16. The van der Waals surface area contributed by atoms with Gasteiger partial charge in [-0.25, -0.2) is 0 Å². The van der Waals surface area contributed by atoms with E-state index in [2.05, 4.69) is 49.4 Å². The molecule has 0 fully saturated rings. The number of nitrogens with zero attached hydrogens (tertiary/aromatic N) is 2. The minimum Gasteiger partial charge on any atom is -0.321 e. The molecule has 2 atom stereocenters. The molecule has 0 spiro atoms. The number of aryl methyl sites for hydroxylation is 1. The predicted molar refractivity (Wildman–Crippen MR) is 81.6 cm³/mol. The third-order valence-electron chi connectivity index (χ3n) is 4.58. The molecule has 2 aromatic rings. The molecular formula is C17H23N3. The van der Waals surface area contributed by atoms with E-state index in [-0.39, 0.29) is 5.54 Å². The van der Waals surface area contributed by atoms with Gasteiger partial charge in [0.25, 0.3) is 0 Å². The van der Waals surface area contributed by atoms with Crippen LogP contribution in [-0.4, -0.2) is 9.78 Å². The van der Waals surface area contributed by atoms with Gasteiger partial charge >= 0.3 is 0 Å². The molecule has 0 radical (unpaired) electrons. The van der Waals surface area contributed by atoms with Gasteiger partial charge in [-0.2, -0.15) is 5.10 Å². The molecule has 0 bridgehead atoms. The van der Waals surface area contributed by atoms with Crippen molar-refractivity contribution in [2.75, 3.05) is 0 Å². The molecule has 3 heteroatoms. The lowest BCUT2D eigenvalue weighted by atomic mass is 9.71. The Bertz CT molecular complexity index is 602. The average molecular weight is 269 g/mol. The largest absolute Gasteiger partial charge is 0.321 e. The lowest BCUT2D eigenvalue weighted by Gasteiger charge is -2.38. The van der Waals surface area contributed by atoms with Crippen LogP contribution in [0.5, 0.6) is 0 Å². The Kier molecular flexibility index (Phi) is 3.38. The second-order valence-electron chi connectivity index (χ2n) is 6.06. The predicted octanol–water partition coefficient (Wildman–Crippen LogP) is 3.20. The fourth-order valence-corrected chi connectivity index (χ4v) is 3.36. The molecule has 3 nitrogen and oxygen atoms in total. The Morgan fingerprint density at radius 3 is 2.95 bits per heavy atom. The van der Waals surface area contributed by atoms with Crippen LogP contribution in [0.3, 0.4) is 0 Å². The van der Waals surface area contributed by atoms with Gasteiger partial charge < -0.3 is 5.73 Å². The van der Waals surface area contributed by atoms with Gasteiger partial charge in [-0.15, -0.1) is 0 Å². The van der Waals surface area contributed by atoms with Crippen LogP contribution in [0.2, 0.25) is 0 Å². The molecule has 2 unspecified atom stereocenters. The van der Waals surface area contributed by atoms with E-state index in [1.807, 2.05) is 10.9 Å². The quantitative estimate of drug-likeness (QED) is 0.930. The van der Waals surface area contributed by atoms with Crippen LogP contribution in [0, 0.1) is 0 Å². The van der Waals surface area contributed by atoms with Gasteiger partial charge in [0.2, 0.25) is 0 Å². The van der Waals surface area contributed by atoms with Crippen LogP contribution in [0.15, 0.2) is 36.7 Å². The zero-order valence-electron chi connectivity index (χ0n) is 12.3. The second kappa shape index (κ2) is 5.06. The average Bonchev–Trinajstić information content (AvgIpc) is 2.91. The van der Waals surface area contributed by atoms with Crippen molar-refractivity contribution >= 4 is 0 Å². The van der Waals surface area contributed by atoms with Crippen LogP contribution >= 0.6 is 0 Å². The van der Waals surface area contributed by atoms with E-state index in [0.29, 0.717) is 5.92 Å². The molecule has 1 aliphatic carbocycles. The molecule has 3 rings (SSSR count). The highest BCUT2D eigenvalue weighted by Gasteiger charge is 2.35. The van der Waals surface area contributed by atoms with E-state index in [4.69, 9.17) is 5.73 Å². The van der Waals surface area contributed by atoms with Crippen molar-refractivity contribution in [2.24, 2.45) is 5.73 Å². The van der Waals surface area contributed by atoms with Crippen molar-refractivity contribution in [3.8, 4) is 0 Å². The van der Waals surface area contributed by atoms with Gasteiger partial charge in [0.1, 0.15) is 0 Å². The topological polar surface area (TPSA) is 43.8 Å². The highest BCUT2D eigenvalue weighted by molar-refractivity contribution is 5.39. The molecule has 0 amide bonds. The number of benzene rings is 1. The lowest BCUT2D eigenvalue weighted by Crippen LogP contribution is -2.42. The number of hydrogen-bond acceptors (Lipinski definition) is 2. The maximum absolute atomic E-state index is 6.78. The number of fused-ring (bicyclic) bond motifs is 1. The molecule has 20 heavy (non-hydrogen) atoms. The smallest absolute Gasteiger partial charge is 0.0522 e. The molecular weight excluding hydrogens is 246 g/mol. The van der Waals surface area contributed by atoms with Crippen molar-refractivity contribution in [1.29, 1.82) is 0 Å². The maximum Gasteiger partial charge on any atom is 0.0522 e. The van der Waals surface area contributed by atoms with Gasteiger partial charge in [0, 0.05) is 18.3 Å². The molecule has 1 aromatic heterocycles. The minimum atomic E-state index is -0.245. The number of rotatable bonds is 3. The van der Waals surface area contributed by atoms with Crippen LogP contribution < -0.4 is 5.73 Å². The van der Waals surface area contributed by atoms with Crippen LogP contribution in [-0.2, 0) is 18.5 Å². The molecule has 0 saturated carbocycles. The van der Waals surface area contributed by atoms with Crippen LogP contribution in [0.25, 0.3) is 0 Å². The number of nitrogens with two attached hydrogens (primary N) is 1. The highest BCUT2D eigenvalue weighted by atomic mass is 15.3. The Morgan fingerprint density at radius 2 is 2.20 bits per heavy atom. The normalized spacial score (nSPS) is 25.4. The molecule has 0 aliphatic heterocycles. The van der Waals surface area contributed by atoms with E-state index < -0.39 is 0 Å². The molecule has 106 valence electrons. The molecule has 1 heterocycles. The Hall–Kier alpha value is -1.61. The van der Waals surface area contributed by atoms with Crippen molar-refractivity contribution in [3.05, 3.63) is 53.3 Å². The molecule has 0 saturated heterocycles. The van der Waals surface area contributed by atoms with Gasteiger partial charge in [0.15, 0.2) is 0 Å².